The van der Waals surface area contributed by atoms with Crippen LogP contribution in [0, 0.1) is 6.92 Å². The third kappa shape index (κ3) is 3.24. The van der Waals surface area contributed by atoms with Crippen molar-refractivity contribution in [3.8, 4) is 22.6 Å². The smallest absolute Gasteiger partial charge is 0.223 e. The lowest BCUT2D eigenvalue weighted by molar-refractivity contribution is 0.172. The van der Waals surface area contributed by atoms with Crippen molar-refractivity contribution in [2.75, 3.05) is 31.6 Å². The number of ether oxygens (including phenoxy) is 2. The third-order valence-corrected chi connectivity index (χ3v) is 5.44. The lowest BCUT2D eigenvalue weighted by Crippen LogP contribution is -2.35. The van der Waals surface area contributed by atoms with E-state index < -0.39 is 0 Å². The maximum Gasteiger partial charge on any atom is 0.223 e. The first-order valence-corrected chi connectivity index (χ1v) is 9.92. The zero-order chi connectivity index (χ0) is 18.9. The molecule has 0 spiro atoms. The highest BCUT2D eigenvalue weighted by atomic mass is 16.6. The van der Waals surface area contributed by atoms with Gasteiger partial charge in [0.05, 0.1) is 11.2 Å². The van der Waals surface area contributed by atoms with Gasteiger partial charge in [-0.2, -0.15) is 0 Å². The molecule has 0 atom stereocenters. The average molecular weight is 376 g/mol. The Bertz CT molecular complexity index is 1010. The minimum Gasteiger partial charge on any atom is -0.486 e. The fraction of sp³-hybridized carbons (Fsp3) is 0.364. The first-order valence-electron chi connectivity index (χ1n) is 9.92. The molecular weight excluding hydrogens is 352 g/mol. The minimum absolute atomic E-state index is 0.436. The van der Waals surface area contributed by atoms with Crippen LogP contribution < -0.4 is 20.1 Å². The zero-order valence-corrected chi connectivity index (χ0v) is 16.0. The molecule has 28 heavy (non-hydrogen) atoms. The van der Waals surface area contributed by atoms with Gasteiger partial charge in [0.15, 0.2) is 11.5 Å². The second-order valence-corrected chi connectivity index (χ2v) is 7.36. The molecule has 6 heteroatoms. The zero-order valence-electron chi connectivity index (χ0n) is 16.0. The number of fused-ring (bicyclic) bond motifs is 2. The number of aromatic nitrogens is 2. The summed E-state index contributed by atoms with van der Waals surface area (Å²) in [5.74, 6) is 2.34. The van der Waals surface area contributed by atoms with Crippen molar-refractivity contribution >= 4 is 16.9 Å². The van der Waals surface area contributed by atoms with Crippen LogP contribution in [0.4, 0.5) is 5.95 Å². The molecule has 0 aliphatic carbocycles. The summed E-state index contributed by atoms with van der Waals surface area (Å²) < 4.78 is 11.6. The average Bonchev–Trinajstić information content (AvgIpc) is 2.74. The lowest BCUT2D eigenvalue weighted by Gasteiger charge is -2.24. The van der Waals surface area contributed by atoms with Gasteiger partial charge in [0.25, 0.3) is 0 Å². The van der Waals surface area contributed by atoms with Crippen molar-refractivity contribution in [1.82, 2.24) is 15.3 Å². The van der Waals surface area contributed by atoms with Gasteiger partial charge >= 0.3 is 0 Å². The first kappa shape index (κ1) is 17.3. The monoisotopic (exact) mass is 376 g/mol. The molecule has 2 N–H and O–H groups in total. The highest BCUT2D eigenvalue weighted by Gasteiger charge is 2.18. The predicted molar refractivity (Wildman–Crippen MR) is 110 cm³/mol. The standard InChI is InChI=1S/C22H24N4O2/c1-14-18-13-15(17-3-2-4-20-21(17)28-12-11-27-20)5-6-19(18)26-22(24-14)25-16-7-9-23-10-8-16/h2-6,13,16,23H,7-12H2,1H3,(H,24,25,26). The van der Waals surface area contributed by atoms with Crippen molar-refractivity contribution in [1.29, 1.82) is 0 Å². The lowest BCUT2D eigenvalue weighted by atomic mass is 10.0. The molecule has 0 bridgehead atoms. The number of hydrogen-bond acceptors (Lipinski definition) is 6. The molecule has 5 rings (SSSR count). The third-order valence-electron chi connectivity index (χ3n) is 5.44. The Balaban J connectivity index is 1.50. The van der Waals surface area contributed by atoms with E-state index in [1.54, 1.807) is 0 Å². The van der Waals surface area contributed by atoms with Crippen LogP contribution in [0.2, 0.25) is 0 Å². The molecule has 144 valence electrons. The van der Waals surface area contributed by atoms with Gasteiger partial charge < -0.3 is 20.1 Å². The molecule has 3 aromatic rings. The summed E-state index contributed by atoms with van der Waals surface area (Å²) in [5.41, 5.74) is 4.05. The highest BCUT2D eigenvalue weighted by molar-refractivity contribution is 5.88. The Morgan fingerprint density at radius 1 is 1.04 bits per heavy atom. The Morgan fingerprint density at radius 3 is 2.79 bits per heavy atom. The van der Waals surface area contributed by atoms with Crippen LogP contribution in [0.3, 0.4) is 0 Å². The number of hydrogen-bond donors (Lipinski definition) is 2. The van der Waals surface area contributed by atoms with Crippen LogP contribution in [0.15, 0.2) is 36.4 Å². The van der Waals surface area contributed by atoms with Gasteiger partial charge in [-0.15, -0.1) is 0 Å². The quantitative estimate of drug-likeness (QED) is 0.729. The summed E-state index contributed by atoms with van der Waals surface area (Å²) in [6.07, 6.45) is 2.20. The molecular formula is C22H24N4O2. The van der Waals surface area contributed by atoms with Gasteiger partial charge in [-0.3, -0.25) is 0 Å². The van der Waals surface area contributed by atoms with Crippen LogP contribution in [0.1, 0.15) is 18.5 Å². The molecule has 2 aliphatic rings. The maximum absolute atomic E-state index is 5.88. The number of rotatable bonds is 3. The van der Waals surface area contributed by atoms with Gasteiger partial charge in [-0.1, -0.05) is 18.2 Å². The Kier molecular flexibility index (Phi) is 4.49. The van der Waals surface area contributed by atoms with Crippen LogP contribution in [0.5, 0.6) is 11.5 Å². The van der Waals surface area contributed by atoms with Gasteiger partial charge in [0.2, 0.25) is 5.95 Å². The molecule has 3 heterocycles. The van der Waals surface area contributed by atoms with Gasteiger partial charge in [-0.25, -0.2) is 9.97 Å². The fourth-order valence-corrected chi connectivity index (χ4v) is 3.96. The van der Waals surface area contributed by atoms with E-state index in [9.17, 15) is 0 Å². The van der Waals surface area contributed by atoms with Gasteiger partial charge in [0.1, 0.15) is 13.2 Å². The van der Waals surface area contributed by atoms with Crippen molar-refractivity contribution in [2.24, 2.45) is 0 Å². The normalized spacial score (nSPS) is 16.9. The molecule has 0 radical (unpaired) electrons. The molecule has 0 unspecified atom stereocenters. The van der Waals surface area contributed by atoms with E-state index in [4.69, 9.17) is 19.4 Å². The topological polar surface area (TPSA) is 68.3 Å². The summed E-state index contributed by atoms with van der Waals surface area (Å²) in [6.45, 7) is 5.29. The molecule has 2 aliphatic heterocycles. The minimum atomic E-state index is 0.436. The summed E-state index contributed by atoms with van der Waals surface area (Å²) in [4.78, 5) is 9.47. The molecule has 0 amide bonds. The summed E-state index contributed by atoms with van der Waals surface area (Å²) in [5, 5.41) is 7.95. The van der Waals surface area contributed by atoms with E-state index in [0.29, 0.717) is 19.3 Å². The van der Waals surface area contributed by atoms with Crippen molar-refractivity contribution < 1.29 is 9.47 Å². The Hall–Kier alpha value is -2.86. The maximum atomic E-state index is 5.88. The van der Waals surface area contributed by atoms with E-state index in [1.807, 2.05) is 19.1 Å². The first-order chi connectivity index (χ1) is 13.8. The van der Waals surface area contributed by atoms with Gasteiger partial charge in [-0.05, 0) is 56.6 Å². The summed E-state index contributed by atoms with van der Waals surface area (Å²) in [6, 6.07) is 12.8. The summed E-state index contributed by atoms with van der Waals surface area (Å²) >= 11 is 0. The number of piperidine rings is 1. The number of para-hydroxylation sites is 1. The Morgan fingerprint density at radius 2 is 1.89 bits per heavy atom. The van der Waals surface area contributed by atoms with E-state index in [0.717, 1.165) is 71.1 Å². The molecule has 1 saturated heterocycles. The van der Waals surface area contributed by atoms with Crippen LogP contribution in [0.25, 0.3) is 22.0 Å². The highest BCUT2D eigenvalue weighted by Crippen LogP contribution is 2.40. The van der Waals surface area contributed by atoms with Crippen LogP contribution >= 0.6 is 0 Å². The van der Waals surface area contributed by atoms with Crippen molar-refractivity contribution in [3.63, 3.8) is 0 Å². The largest absolute Gasteiger partial charge is 0.486 e. The number of anilines is 1. The fourth-order valence-electron chi connectivity index (χ4n) is 3.96. The molecule has 1 fully saturated rings. The van der Waals surface area contributed by atoms with Gasteiger partial charge in [0, 0.05) is 17.0 Å². The second-order valence-electron chi connectivity index (χ2n) is 7.36. The molecule has 6 nitrogen and oxygen atoms in total. The number of benzene rings is 2. The number of aryl methyl sites for hydroxylation is 1. The van der Waals surface area contributed by atoms with Crippen molar-refractivity contribution in [3.05, 3.63) is 42.1 Å². The summed E-state index contributed by atoms with van der Waals surface area (Å²) in [7, 11) is 0. The second kappa shape index (κ2) is 7.28. The number of nitrogens with zero attached hydrogens (tertiary/aromatic N) is 2. The van der Waals surface area contributed by atoms with Crippen molar-refractivity contribution in [2.45, 2.75) is 25.8 Å². The SMILES string of the molecule is Cc1nc(NC2CCNCC2)nc2ccc(-c3cccc4c3OCCO4)cc12. The molecule has 0 saturated carbocycles. The predicted octanol–water partition coefficient (Wildman–Crippen LogP) is 3.54. The van der Waals surface area contributed by atoms with E-state index >= 15 is 0 Å². The Labute approximate surface area is 164 Å². The molecule has 2 aromatic carbocycles. The van der Waals surface area contributed by atoms with Crippen LogP contribution in [-0.2, 0) is 0 Å². The molecule has 1 aromatic heterocycles. The number of nitrogens with one attached hydrogen (secondary N) is 2. The van der Waals surface area contributed by atoms with Crippen LogP contribution in [-0.4, -0.2) is 42.3 Å². The van der Waals surface area contributed by atoms with E-state index in [1.165, 1.54) is 0 Å². The van der Waals surface area contributed by atoms with E-state index in [-0.39, 0.29) is 0 Å². The van der Waals surface area contributed by atoms with E-state index in [2.05, 4.69) is 34.9 Å².